The highest BCUT2D eigenvalue weighted by atomic mass is 35.5. The zero-order valence-corrected chi connectivity index (χ0v) is 12.2. The number of nitrogens with zero attached hydrogens (tertiary/aromatic N) is 2. The predicted octanol–water partition coefficient (Wildman–Crippen LogP) is 1.22. The maximum absolute atomic E-state index is 11.4. The summed E-state index contributed by atoms with van der Waals surface area (Å²) in [5, 5.41) is 0. The van der Waals surface area contributed by atoms with Crippen LogP contribution >= 0.6 is 11.6 Å². The van der Waals surface area contributed by atoms with Gasteiger partial charge in [-0.2, -0.15) is 8.42 Å². The molecular formula is C11H16ClN3O3S. The van der Waals surface area contributed by atoms with E-state index >= 15 is 0 Å². The third kappa shape index (κ3) is 4.79. The Hall–Kier alpha value is -1.15. The Morgan fingerprint density at radius 1 is 1.47 bits per heavy atom. The van der Waals surface area contributed by atoms with Crippen LogP contribution in [0.1, 0.15) is 5.56 Å². The number of hydrogen-bond acceptors (Lipinski definition) is 4. The molecule has 0 saturated heterocycles. The molecule has 6 nitrogen and oxygen atoms in total. The fraction of sp³-hybridized carbons (Fsp3) is 0.364. The van der Waals surface area contributed by atoms with E-state index in [-0.39, 0.29) is 16.6 Å². The van der Waals surface area contributed by atoms with E-state index in [0.29, 0.717) is 17.8 Å². The zero-order valence-electron chi connectivity index (χ0n) is 10.7. The quantitative estimate of drug-likeness (QED) is 0.369. The highest BCUT2D eigenvalue weighted by molar-refractivity contribution is 7.85. The molecule has 19 heavy (non-hydrogen) atoms. The van der Waals surface area contributed by atoms with Crippen molar-refractivity contribution in [1.82, 2.24) is 4.90 Å². The number of amidine groups is 1. The molecule has 3 N–H and O–H groups in total. The second kappa shape index (κ2) is 6.33. The van der Waals surface area contributed by atoms with Crippen molar-refractivity contribution in [2.45, 2.75) is 11.4 Å². The highest BCUT2D eigenvalue weighted by Gasteiger charge is 2.16. The molecule has 0 aliphatic rings. The Kier molecular flexibility index (Phi) is 5.30. The first-order valence-electron chi connectivity index (χ1n) is 5.38. The van der Waals surface area contributed by atoms with Crippen molar-refractivity contribution >= 4 is 33.2 Å². The van der Waals surface area contributed by atoms with Gasteiger partial charge in [-0.3, -0.25) is 4.55 Å². The van der Waals surface area contributed by atoms with Gasteiger partial charge in [0.05, 0.1) is 11.6 Å². The van der Waals surface area contributed by atoms with Crippen molar-refractivity contribution in [3.8, 4) is 0 Å². The summed E-state index contributed by atoms with van der Waals surface area (Å²) >= 11 is 5.50. The summed E-state index contributed by atoms with van der Waals surface area (Å²) in [5.41, 5.74) is 6.29. The molecule has 0 aromatic heterocycles. The van der Waals surface area contributed by atoms with Gasteiger partial charge in [-0.15, -0.1) is 11.6 Å². The van der Waals surface area contributed by atoms with Crippen LogP contribution in [0.15, 0.2) is 28.1 Å². The van der Waals surface area contributed by atoms with E-state index < -0.39 is 10.1 Å². The maximum atomic E-state index is 11.4. The molecule has 0 radical (unpaired) electrons. The fourth-order valence-corrected chi connectivity index (χ4v) is 2.31. The minimum Gasteiger partial charge on any atom is -0.386 e. The van der Waals surface area contributed by atoms with Crippen LogP contribution in [0.25, 0.3) is 0 Å². The van der Waals surface area contributed by atoms with E-state index in [0.717, 1.165) is 0 Å². The topological polar surface area (TPSA) is 96.0 Å². The van der Waals surface area contributed by atoms with Gasteiger partial charge < -0.3 is 10.6 Å². The van der Waals surface area contributed by atoms with Gasteiger partial charge >= 0.3 is 0 Å². The Morgan fingerprint density at radius 3 is 2.58 bits per heavy atom. The first-order valence-corrected chi connectivity index (χ1v) is 7.35. The van der Waals surface area contributed by atoms with Gasteiger partial charge in [0.25, 0.3) is 10.1 Å². The van der Waals surface area contributed by atoms with Crippen molar-refractivity contribution in [2.75, 3.05) is 20.0 Å². The van der Waals surface area contributed by atoms with Crippen molar-refractivity contribution in [1.29, 1.82) is 0 Å². The van der Waals surface area contributed by atoms with Gasteiger partial charge in [0.1, 0.15) is 10.7 Å². The maximum Gasteiger partial charge on any atom is 0.294 e. The third-order valence-corrected chi connectivity index (χ3v) is 3.43. The molecule has 0 amide bonds. The molecule has 0 atom stereocenters. The zero-order chi connectivity index (χ0) is 14.6. The van der Waals surface area contributed by atoms with Crippen LogP contribution in [0.5, 0.6) is 0 Å². The number of nitrogens with two attached hydrogens (primary N) is 1. The molecule has 0 bridgehead atoms. The van der Waals surface area contributed by atoms with Crippen LogP contribution in [0.3, 0.4) is 0 Å². The summed E-state index contributed by atoms with van der Waals surface area (Å²) in [5.74, 6) is 0.212. The average molecular weight is 306 g/mol. The second-order valence-electron chi connectivity index (χ2n) is 4.24. The largest absolute Gasteiger partial charge is 0.386 e. The van der Waals surface area contributed by atoms with E-state index in [1.165, 1.54) is 6.07 Å². The third-order valence-electron chi connectivity index (χ3n) is 2.22. The lowest BCUT2D eigenvalue weighted by atomic mass is 10.2. The number of aliphatic imine (C=N–C) groups is 1. The lowest BCUT2D eigenvalue weighted by Crippen LogP contribution is -2.14. The Morgan fingerprint density at radius 2 is 2.11 bits per heavy atom. The molecule has 0 spiro atoms. The van der Waals surface area contributed by atoms with E-state index in [2.05, 4.69) is 4.99 Å². The molecule has 8 heteroatoms. The van der Waals surface area contributed by atoms with Crippen LogP contribution in [0.2, 0.25) is 0 Å². The van der Waals surface area contributed by atoms with Gasteiger partial charge in [-0.1, -0.05) is 6.07 Å². The van der Waals surface area contributed by atoms with Crippen molar-refractivity contribution < 1.29 is 13.0 Å². The molecule has 1 aromatic rings. The molecule has 0 unspecified atom stereocenters. The average Bonchev–Trinajstić information content (AvgIpc) is 2.28. The summed E-state index contributed by atoms with van der Waals surface area (Å²) in [6.45, 7) is 0.379. The molecular weight excluding hydrogens is 290 g/mol. The molecule has 0 heterocycles. The summed E-state index contributed by atoms with van der Waals surface area (Å²) < 4.78 is 32.0. The molecule has 1 rings (SSSR count). The van der Waals surface area contributed by atoms with Gasteiger partial charge in [-0.25, -0.2) is 4.99 Å². The molecule has 0 aliphatic carbocycles. The fourth-order valence-electron chi connectivity index (χ4n) is 1.52. The number of alkyl halides is 1. The number of benzene rings is 1. The monoisotopic (exact) mass is 305 g/mol. The van der Waals surface area contributed by atoms with Crippen molar-refractivity contribution in [3.05, 3.63) is 23.8 Å². The van der Waals surface area contributed by atoms with E-state index in [9.17, 15) is 13.0 Å². The van der Waals surface area contributed by atoms with Gasteiger partial charge in [-0.05, 0) is 31.8 Å². The van der Waals surface area contributed by atoms with Crippen LogP contribution in [-0.2, 0) is 16.7 Å². The number of hydrogen-bond donors (Lipinski definition) is 2. The lowest BCUT2D eigenvalue weighted by molar-refractivity contribution is 0.397. The summed E-state index contributed by atoms with van der Waals surface area (Å²) in [6.07, 6.45) is 0. The SMILES string of the molecule is CN(C)Cc1ccc(N=C(N)CCl)cc1S(=O)(=O)O. The van der Waals surface area contributed by atoms with E-state index in [1.807, 2.05) is 0 Å². The predicted molar refractivity (Wildman–Crippen MR) is 75.7 cm³/mol. The van der Waals surface area contributed by atoms with Gasteiger partial charge in [0.15, 0.2) is 0 Å². The van der Waals surface area contributed by atoms with Crippen molar-refractivity contribution in [2.24, 2.45) is 10.7 Å². The van der Waals surface area contributed by atoms with Gasteiger partial charge in [0, 0.05) is 6.54 Å². The molecule has 1 aromatic carbocycles. The van der Waals surface area contributed by atoms with E-state index in [4.69, 9.17) is 17.3 Å². The number of rotatable bonds is 5. The molecule has 0 saturated carbocycles. The first kappa shape index (κ1) is 15.9. The Bertz CT molecular complexity index is 585. The molecule has 106 valence electrons. The smallest absolute Gasteiger partial charge is 0.294 e. The normalized spacial score (nSPS) is 13.0. The molecule has 0 aliphatic heterocycles. The summed E-state index contributed by atoms with van der Waals surface area (Å²) in [6, 6.07) is 4.48. The van der Waals surface area contributed by atoms with Gasteiger partial charge in [0.2, 0.25) is 0 Å². The minimum atomic E-state index is -4.31. The summed E-state index contributed by atoms with van der Waals surface area (Å²) in [7, 11) is -0.720. The summed E-state index contributed by atoms with van der Waals surface area (Å²) in [4.78, 5) is 5.56. The minimum absolute atomic E-state index is 0.0423. The number of halogens is 1. The Balaban J connectivity index is 3.31. The standard InChI is InChI=1S/C11H16ClN3O3S/c1-15(2)7-8-3-4-9(14-11(13)6-12)5-10(8)19(16,17)18/h3-5H,6-7H2,1-2H3,(H2,13,14)(H,16,17,18). The lowest BCUT2D eigenvalue weighted by Gasteiger charge is -2.13. The highest BCUT2D eigenvalue weighted by Crippen LogP contribution is 2.23. The van der Waals surface area contributed by atoms with Crippen LogP contribution in [-0.4, -0.2) is 43.7 Å². The van der Waals surface area contributed by atoms with Crippen molar-refractivity contribution in [3.63, 3.8) is 0 Å². The van der Waals surface area contributed by atoms with Crippen LogP contribution in [0.4, 0.5) is 5.69 Å². The Labute approximate surface area is 117 Å². The first-order chi connectivity index (χ1) is 8.74. The molecule has 0 fully saturated rings. The van der Waals surface area contributed by atoms with Crippen LogP contribution in [0, 0.1) is 0 Å². The van der Waals surface area contributed by atoms with E-state index in [1.54, 1.807) is 31.1 Å². The second-order valence-corrected chi connectivity index (χ2v) is 5.90. The van der Waals surface area contributed by atoms with Crippen LogP contribution < -0.4 is 5.73 Å².